The maximum Gasteiger partial charge on any atom is 0.299 e. The van der Waals surface area contributed by atoms with Gasteiger partial charge in [0.15, 0.2) is 0 Å². The second kappa shape index (κ2) is 4.63. The number of hydrogen-bond donors (Lipinski definition) is 0. The number of amides is 1. The number of Topliss-reactive ketones (excluding diaryl/α,β-unsaturated/α-hetero) is 1. The summed E-state index contributed by atoms with van der Waals surface area (Å²) in [6.45, 7) is 0.329. The second-order valence-electron chi connectivity index (χ2n) is 4.09. The van der Waals surface area contributed by atoms with Crippen LogP contribution in [-0.2, 0) is 11.3 Å². The van der Waals surface area contributed by atoms with Gasteiger partial charge in [0.05, 0.1) is 22.1 Å². The molecule has 1 aliphatic rings. The van der Waals surface area contributed by atoms with E-state index in [-0.39, 0.29) is 0 Å². The summed E-state index contributed by atoms with van der Waals surface area (Å²) in [6, 6.07) is 8.43. The van der Waals surface area contributed by atoms with Crippen LogP contribution < -0.4 is 4.90 Å². The minimum atomic E-state index is -0.526. The van der Waals surface area contributed by atoms with E-state index in [1.807, 2.05) is 6.07 Å². The van der Waals surface area contributed by atoms with Gasteiger partial charge in [-0.2, -0.15) is 0 Å². The van der Waals surface area contributed by atoms with Crippen molar-refractivity contribution in [3.63, 3.8) is 0 Å². The predicted molar refractivity (Wildman–Crippen MR) is 76.3 cm³/mol. The predicted octanol–water partition coefficient (Wildman–Crippen LogP) is 3.78. The molecule has 0 saturated carbocycles. The van der Waals surface area contributed by atoms with Gasteiger partial charge in [-0.1, -0.05) is 23.2 Å². The Bertz CT molecular complexity index is 696. The third-order valence-electron chi connectivity index (χ3n) is 2.88. The summed E-state index contributed by atoms with van der Waals surface area (Å²) in [5, 5.41) is 0.496. The average Bonchev–Trinajstić information content (AvgIpc) is 2.88. The van der Waals surface area contributed by atoms with Crippen LogP contribution >= 0.6 is 34.5 Å². The summed E-state index contributed by atoms with van der Waals surface area (Å²) in [7, 11) is 0. The average molecular weight is 312 g/mol. The topological polar surface area (TPSA) is 37.4 Å². The van der Waals surface area contributed by atoms with Crippen molar-refractivity contribution in [2.45, 2.75) is 6.54 Å². The highest BCUT2D eigenvalue weighted by Gasteiger charge is 2.35. The summed E-state index contributed by atoms with van der Waals surface area (Å²) in [5.41, 5.74) is 0.962. The molecule has 6 heteroatoms. The minimum Gasteiger partial charge on any atom is -0.299 e. The Morgan fingerprint density at radius 2 is 1.89 bits per heavy atom. The van der Waals surface area contributed by atoms with Crippen molar-refractivity contribution in [2.24, 2.45) is 0 Å². The Balaban J connectivity index is 2.01. The molecule has 1 aliphatic heterocycles. The van der Waals surface area contributed by atoms with Crippen LogP contribution in [0.3, 0.4) is 0 Å². The van der Waals surface area contributed by atoms with Crippen LogP contribution in [-0.4, -0.2) is 11.7 Å². The molecule has 3 rings (SSSR count). The van der Waals surface area contributed by atoms with Crippen molar-refractivity contribution in [1.82, 2.24) is 0 Å². The van der Waals surface area contributed by atoms with Crippen LogP contribution in [0.15, 0.2) is 30.3 Å². The smallest absolute Gasteiger partial charge is 0.299 e. The summed E-state index contributed by atoms with van der Waals surface area (Å²) in [5.74, 6) is -1.02. The normalized spacial score (nSPS) is 14.1. The molecule has 0 N–H and O–H groups in total. The molecule has 1 amide bonds. The van der Waals surface area contributed by atoms with Crippen molar-refractivity contribution in [2.75, 3.05) is 4.90 Å². The molecule has 1 aromatic heterocycles. The van der Waals surface area contributed by atoms with Crippen LogP contribution in [0.2, 0.25) is 9.36 Å². The van der Waals surface area contributed by atoms with E-state index in [1.54, 1.807) is 24.3 Å². The summed E-state index contributed by atoms with van der Waals surface area (Å²) >= 11 is 13.2. The third kappa shape index (κ3) is 2.16. The lowest BCUT2D eigenvalue weighted by Gasteiger charge is -2.15. The number of fused-ring (bicyclic) bond motifs is 1. The lowest BCUT2D eigenvalue weighted by molar-refractivity contribution is -0.114. The van der Waals surface area contributed by atoms with Gasteiger partial charge in [-0.15, -0.1) is 11.3 Å². The molecule has 0 fully saturated rings. The lowest BCUT2D eigenvalue weighted by Crippen LogP contribution is -2.28. The van der Waals surface area contributed by atoms with Crippen molar-refractivity contribution >= 4 is 51.9 Å². The van der Waals surface area contributed by atoms with E-state index < -0.39 is 11.7 Å². The van der Waals surface area contributed by atoms with E-state index in [4.69, 9.17) is 23.2 Å². The highest BCUT2D eigenvalue weighted by atomic mass is 35.5. The van der Waals surface area contributed by atoms with Gasteiger partial charge >= 0.3 is 0 Å². The van der Waals surface area contributed by atoms with E-state index in [0.29, 0.717) is 27.2 Å². The number of benzene rings is 1. The Morgan fingerprint density at radius 3 is 2.58 bits per heavy atom. The second-order valence-corrected chi connectivity index (χ2v) is 6.32. The van der Waals surface area contributed by atoms with E-state index in [9.17, 15) is 9.59 Å². The zero-order chi connectivity index (χ0) is 13.6. The molecular weight excluding hydrogens is 305 g/mol. The number of halogens is 2. The number of ketones is 1. The third-order valence-corrected chi connectivity index (χ3v) is 4.33. The van der Waals surface area contributed by atoms with Gasteiger partial charge < -0.3 is 0 Å². The van der Waals surface area contributed by atoms with Crippen molar-refractivity contribution in [3.05, 3.63) is 50.1 Å². The fraction of sp³-hybridized carbons (Fsp3) is 0.0769. The standard InChI is InChI=1S/C13H7Cl2NO2S/c14-7-1-3-9-10(5-7)16(13(18)12(9)17)6-8-2-4-11(15)19-8/h1-5H,6H2. The molecule has 3 nitrogen and oxygen atoms in total. The van der Waals surface area contributed by atoms with E-state index in [1.165, 1.54) is 16.2 Å². The number of rotatable bonds is 2. The van der Waals surface area contributed by atoms with Gasteiger partial charge in [-0.25, -0.2) is 0 Å². The van der Waals surface area contributed by atoms with E-state index in [2.05, 4.69) is 0 Å². The summed E-state index contributed by atoms with van der Waals surface area (Å²) in [4.78, 5) is 26.2. The van der Waals surface area contributed by atoms with Gasteiger partial charge in [0, 0.05) is 9.90 Å². The zero-order valence-electron chi connectivity index (χ0n) is 9.52. The van der Waals surface area contributed by atoms with Gasteiger partial charge in [0.1, 0.15) is 0 Å². The summed E-state index contributed by atoms with van der Waals surface area (Å²) in [6.07, 6.45) is 0. The SMILES string of the molecule is O=C1C(=O)N(Cc2ccc(Cl)s2)c2cc(Cl)ccc21. The molecule has 0 spiro atoms. The maximum absolute atomic E-state index is 12.0. The van der Waals surface area contributed by atoms with Crippen LogP contribution in [0.5, 0.6) is 0 Å². The maximum atomic E-state index is 12.0. The Morgan fingerprint density at radius 1 is 1.11 bits per heavy atom. The molecule has 96 valence electrons. The van der Waals surface area contributed by atoms with Gasteiger partial charge in [0.25, 0.3) is 11.7 Å². The minimum absolute atomic E-state index is 0.329. The first-order valence-corrected chi connectivity index (χ1v) is 7.03. The number of nitrogens with zero attached hydrogens (tertiary/aromatic N) is 1. The van der Waals surface area contributed by atoms with Crippen molar-refractivity contribution < 1.29 is 9.59 Å². The molecule has 2 aromatic rings. The van der Waals surface area contributed by atoms with Crippen LogP contribution in [0, 0.1) is 0 Å². The molecule has 0 bridgehead atoms. The van der Waals surface area contributed by atoms with Crippen molar-refractivity contribution in [1.29, 1.82) is 0 Å². The molecule has 2 heterocycles. The zero-order valence-corrected chi connectivity index (χ0v) is 11.9. The lowest BCUT2D eigenvalue weighted by atomic mass is 10.1. The largest absolute Gasteiger partial charge is 0.299 e. The molecule has 19 heavy (non-hydrogen) atoms. The fourth-order valence-corrected chi connectivity index (χ4v) is 3.26. The molecule has 0 unspecified atom stereocenters. The molecular formula is C13H7Cl2NO2S. The van der Waals surface area contributed by atoms with Gasteiger partial charge in [-0.05, 0) is 30.3 Å². The van der Waals surface area contributed by atoms with Crippen LogP contribution in [0.1, 0.15) is 15.2 Å². The molecule has 0 aliphatic carbocycles. The first-order valence-electron chi connectivity index (χ1n) is 5.46. The molecule has 0 radical (unpaired) electrons. The van der Waals surface area contributed by atoms with Gasteiger partial charge in [-0.3, -0.25) is 14.5 Å². The summed E-state index contributed by atoms with van der Waals surface area (Å²) < 4.78 is 0.652. The highest BCUT2D eigenvalue weighted by molar-refractivity contribution is 7.16. The first kappa shape index (κ1) is 12.7. The van der Waals surface area contributed by atoms with E-state index in [0.717, 1.165) is 4.88 Å². The highest BCUT2D eigenvalue weighted by Crippen LogP contribution is 2.34. The molecule has 0 saturated heterocycles. The van der Waals surface area contributed by atoms with Gasteiger partial charge in [0.2, 0.25) is 0 Å². The van der Waals surface area contributed by atoms with Crippen LogP contribution in [0.25, 0.3) is 0 Å². The molecule has 1 aromatic carbocycles. The molecule has 0 atom stereocenters. The quantitative estimate of drug-likeness (QED) is 0.791. The monoisotopic (exact) mass is 311 g/mol. The number of thiophene rings is 1. The number of carbonyl (C=O) groups excluding carboxylic acids is 2. The van der Waals surface area contributed by atoms with E-state index >= 15 is 0 Å². The number of carbonyl (C=O) groups is 2. The van der Waals surface area contributed by atoms with Crippen molar-refractivity contribution in [3.8, 4) is 0 Å². The Labute approximate surface area is 123 Å². The first-order chi connectivity index (χ1) is 9.06. The fourth-order valence-electron chi connectivity index (χ4n) is 2.02. The number of hydrogen-bond acceptors (Lipinski definition) is 3. The van der Waals surface area contributed by atoms with Crippen LogP contribution in [0.4, 0.5) is 5.69 Å². The Kier molecular flexibility index (Phi) is 3.09. The Hall–Kier alpha value is -1.36. The number of anilines is 1.